The summed E-state index contributed by atoms with van der Waals surface area (Å²) < 4.78 is 2.27. The fourth-order valence-electron chi connectivity index (χ4n) is 4.37. The van der Waals surface area contributed by atoms with Gasteiger partial charge in [-0.3, -0.25) is 9.97 Å². The van der Waals surface area contributed by atoms with Gasteiger partial charge in [0.25, 0.3) is 0 Å². The number of benzene rings is 1. The minimum absolute atomic E-state index is 0.0516. The summed E-state index contributed by atoms with van der Waals surface area (Å²) in [7, 11) is 4.09. The third kappa shape index (κ3) is 4.19. The largest absolute Gasteiger partial charge is 0.378 e. The van der Waals surface area contributed by atoms with Crippen molar-refractivity contribution in [1.82, 2.24) is 19.9 Å². The molecular weight excluding hydrogens is 428 g/mol. The lowest BCUT2D eigenvalue weighted by Gasteiger charge is -2.29. The van der Waals surface area contributed by atoms with Crippen LogP contribution in [-0.4, -0.2) is 33.7 Å². The number of pyridine rings is 2. The highest BCUT2D eigenvalue weighted by molar-refractivity contribution is 7.80. The summed E-state index contributed by atoms with van der Waals surface area (Å²) in [6, 6.07) is 22.7. The molecule has 0 bridgehead atoms. The van der Waals surface area contributed by atoms with Crippen molar-refractivity contribution in [2.24, 2.45) is 0 Å². The summed E-state index contributed by atoms with van der Waals surface area (Å²) >= 11 is 5.87. The highest BCUT2D eigenvalue weighted by Gasteiger charge is 2.42. The zero-order chi connectivity index (χ0) is 22.8. The van der Waals surface area contributed by atoms with Crippen molar-refractivity contribution in [2.75, 3.05) is 23.9 Å². The quantitative estimate of drug-likeness (QED) is 0.431. The Morgan fingerprint density at radius 2 is 1.82 bits per heavy atom. The lowest BCUT2D eigenvalue weighted by Crippen LogP contribution is -2.30. The molecule has 4 aromatic rings. The Bertz CT molecular complexity index is 1220. The van der Waals surface area contributed by atoms with E-state index in [2.05, 4.69) is 84.4 Å². The molecule has 2 atom stereocenters. The summed E-state index contributed by atoms with van der Waals surface area (Å²) in [5, 5.41) is 4.24. The van der Waals surface area contributed by atoms with Gasteiger partial charge in [0.15, 0.2) is 5.11 Å². The van der Waals surface area contributed by atoms with Crippen LogP contribution < -0.4 is 15.1 Å². The van der Waals surface area contributed by atoms with Crippen LogP contribution in [0.15, 0.2) is 91.5 Å². The first-order chi connectivity index (χ1) is 16.1. The van der Waals surface area contributed by atoms with Gasteiger partial charge in [-0.1, -0.05) is 12.1 Å². The standard InChI is InChI=1S/C26H26N6S/c1-30(2)20-10-12-21(13-11-20)32-25(24(29-26(32)33)22-8-3-4-15-28-22)23-9-6-16-31(23)18-19-7-5-14-27-17-19/h3-17,24-25H,18H2,1-2H3,(H,29,33)/t24-,25-/m1/s1. The van der Waals surface area contributed by atoms with Crippen LogP contribution in [0.1, 0.15) is 29.0 Å². The maximum Gasteiger partial charge on any atom is 0.174 e. The van der Waals surface area contributed by atoms with E-state index in [-0.39, 0.29) is 12.1 Å². The molecule has 1 aromatic carbocycles. The third-order valence-corrected chi connectivity index (χ3v) is 6.30. The fraction of sp³-hybridized carbons (Fsp3) is 0.192. The van der Waals surface area contributed by atoms with Crippen molar-refractivity contribution < 1.29 is 0 Å². The molecule has 0 unspecified atom stereocenters. The Morgan fingerprint density at radius 3 is 2.52 bits per heavy atom. The van der Waals surface area contributed by atoms with Gasteiger partial charge in [-0.25, -0.2) is 0 Å². The highest BCUT2D eigenvalue weighted by Crippen LogP contribution is 2.42. The van der Waals surface area contributed by atoms with Gasteiger partial charge in [0.2, 0.25) is 0 Å². The first-order valence-corrected chi connectivity index (χ1v) is 11.3. The summed E-state index contributed by atoms with van der Waals surface area (Å²) in [4.78, 5) is 13.2. The predicted molar refractivity (Wildman–Crippen MR) is 136 cm³/mol. The SMILES string of the molecule is CN(C)c1ccc(N2C(=S)N[C@H](c3ccccn3)[C@H]2c2cccn2Cc2cccnc2)cc1. The van der Waals surface area contributed by atoms with Gasteiger partial charge in [-0.2, -0.15) is 0 Å². The second kappa shape index (κ2) is 9.03. The van der Waals surface area contributed by atoms with E-state index in [9.17, 15) is 0 Å². The van der Waals surface area contributed by atoms with Crippen LogP contribution in [-0.2, 0) is 6.54 Å². The molecule has 0 saturated carbocycles. The van der Waals surface area contributed by atoms with Gasteiger partial charge in [-0.15, -0.1) is 0 Å². The molecule has 1 N–H and O–H groups in total. The van der Waals surface area contributed by atoms with Crippen LogP contribution in [0.2, 0.25) is 0 Å². The molecule has 5 rings (SSSR count). The predicted octanol–water partition coefficient (Wildman–Crippen LogP) is 4.57. The number of hydrogen-bond donors (Lipinski definition) is 1. The zero-order valence-electron chi connectivity index (χ0n) is 18.7. The Balaban J connectivity index is 1.58. The minimum Gasteiger partial charge on any atom is -0.378 e. The average molecular weight is 455 g/mol. The number of nitrogens with zero attached hydrogens (tertiary/aromatic N) is 5. The zero-order valence-corrected chi connectivity index (χ0v) is 19.5. The van der Waals surface area contributed by atoms with Crippen LogP contribution in [0.3, 0.4) is 0 Å². The van der Waals surface area contributed by atoms with E-state index >= 15 is 0 Å². The second-order valence-electron chi connectivity index (χ2n) is 8.33. The van der Waals surface area contributed by atoms with Crippen LogP contribution in [0.4, 0.5) is 11.4 Å². The number of hydrogen-bond acceptors (Lipinski definition) is 4. The summed E-state index contributed by atoms with van der Waals surface area (Å²) in [6.45, 7) is 0.738. The maximum atomic E-state index is 5.87. The van der Waals surface area contributed by atoms with Gasteiger partial charge >= 0.3 is 0 Å². The number of rotatable bonds is 6. The van der Waals surface area contributed by atoms with E-state index in [1.165, 1.54) is 5.69 Å². The molecule has 1 saturated heterocycles. The molecule has 1 aliphatic heterocycles. The van der Waals surface area contributed by atoms with E-state index in [0.717, 1.165) is 29.2 Å². The molecule has 7 heteroatoms. The van der Waals surface area contributed by atoms with Crippen molar-refractivity contribution in [3.63, 3.8) is 0 Å². The van der Waals surface area contributed by atoms with Crippen molar-refractivity contribution in [3.8, 4) is 0 Å². The van der Waals surface area contributed by atoms with E-state index in [0.29, 0.717) is 5.11 Å². The molecule has 1 aliphatic rings. The third-order valence-electron chi connectivity index (χ3n) is 5.99. The summed E-state index contributed by atoms with van der Waals surface area (Å²) in [5.74, 6) is 0. The molecule has 3 aromatic heterocycles. The Kier molecular flexibility index (Phi) is 5.79. The number of anilines is 2. The Hall–Kier alpha value is -3.71. The number of aromatic nitrogens is 3. The molecule has 33 heavy (non-hydrogen) atoms. The molecule has 0 amide bonds. The number of thiocarbonyl (C=S) groups is 1. The van der Waals surface area contributed by atoms with E-state index in [4.69, 9.17) is 12.2 Å². The topological polar surface area (TPSA) is 49.2 Å². The average Bonchev–Trinajstić information content (AvgIpc) is 3.44. The van der Waals surface area contributed by atoms with Gasteiger partial charge in [-0.05, 0) is 72.4 Å². The number of nitrogens with one attached hydrogen (secondary N) is 1. The molecule has 4 heterocycles. The van der Waals surface area contributed by atoms with Crippen molar-refractivity contribution >= 4 is 28.7 Å². The van der Waals surface area contributed by atoms with Crippen molar-refractivity contribution in [1.29, 1.82) is 0 Å². The first-order valence-electron chi connectivity index (χ1n) is 10.9. The van der Waals surface area contributed by atoms with Crippen LogP contribution in [0.5, 0.6) is 0 Å². The smallest absolute Gasteiger partial charge is 0.174 e. The Labute approximate surface area is 199 Å². The van der Waals surface area contributed by atoms with Crippen LogP contribution in [0.25, 0.3) is 0 Å². The van der Waals surface area contributed by atoms with Gasteiger partial charge in [0.1, 0.15) is 6.04 Å². The Morgan fingerprint density at radius 1 is 0.970 bits per heavy atom. The first kappa shape index (κ1) is 21.2. The van der Waals surface area contributed by atoms with Crippen molar-refractivity contribution in [3.05, 3.63) is 108 Å². The summed E-state index contributed by atoms with van der Waals surface area (Å²) in [6.07, 6.45) is 7.66. The van der Waals surface area contributed by atoms with E-state index in [1.54, 1.807) is 6.20 Å². The highest BCUT2D eigenvalue weighted by atomic mass is 32.1. The lowest BCUT2D eigenvalue weighted by atomic mass is 10.0. The molecule has 0 radical (unpaired) electrons. The maximum absolute atomic E-state index is 5.87. The van der Waals surface area contributed by atoms with Gasteiger partial charge in [0, 0.05) is 62.5 Å². The second-order valence-corrected chi connectivity index (χ2v) is 8.72. The van der Waals surface area contributed by atoms with Gasteiger partial charge < -0.3 is 19.7 Å². The molecular formula is C26H26N6S. The minimum atomic E-state index is -0.0743. The molecule has 0 spiro atoms. The normalized spacial score (nSPS) is 17.8. The lowest BCUT2D eigenvalue weighted by molar-refractivity contribution is 0.533. The summed E-state index contributed by atoms with van der Waals surface area (Å²) in [5.41, 5.74) is 5.48. The van der Waals surface area contributed by atoms with Crippen LogP contribution >= 0.6 is 12.2 Å². The van der Waals surface area contributed by atoms with Crippen LogP contribution in [0, 0.1) is 0 Å². The monoisotopic (exact) mass is 454 g/mol. The molecule has 1 fully saturated rings. The van der Waals surface area contributed by atoms with Crippen molar-refractivity contribution in [2.45, 2.75) is 18.6 Å². The van der Waals surface area contributed by atoms with E-state index < -0.39 is 0 Å². The molecule has 166 valence electrons. The fourth-order valence-corrected chi connectivity index (χ4v) is 4.72. The molecule has 6 nitrogen and oxygen atoms in total. The van der Waals surface area contributed by atoms with E-state index in [1.807, 2.05) is 44.7 Å². The van der Waals surface area contributed by atoms with Gasteiger partial charge in [0.05, 0.1) is 11.7 Å². The molecule has 0 aliphatic carbocycles.